The Labute approximate surface area is 151 Å². The lowest BCUT2D eigenvalue weighted by molar-refractivity contribution is 0.00126. The quantitative estimate of drug-likeness (QED) is 0.499. The van der Waals surface area contributed by atoms with Crippen molar-refractivity contribution in [2.45, 2.75) is 11.8 Å². The number of hydrogen-bond acceptors (Lipinski definition) is 1. The molecule has 0 N–H and O–H groups in total. The number of allylic oxidation sites excluding steroid dienone is 1. The Morgan fingerprint density at radius 1 is 0.769 bits per heavy atom. The lowest BCUT2D eigenvalue weighted by Crippen LogP contribution is -2.35. The molecule has 130 valence electrons. The lowest BCUT2D eigenvalue weighted by atomic mass is 9.87. The zero-order valence-electron chi connectivity index (χ0n) is 14.1. The molecule has 1 atom stereocenters. The number of Topliss-reactive ketones (excluding diaryl/α,β-unsaturated/α-hetero) is 1. The number of rotatable bonds is 6. The molecule has 3 aromatic rings. The molecule has 3 aromatic carbocycles. The van der Waals surface area contributed by atoms with Crippen LogP contribution in [-0.4, -0.2) is 11.7 Å². The SMILES string of the molecule is O=C(c1ccccc1)C(F)(F)C(C=Cc1ccccc1)c1ccccc1. The van der Waals surface area contributed by atoms with E-state index < -0.39 is 17.6 Å². The zero-order valence-corrected chi connectivity index (χ0v) is 14.1. The zero-order chi connectivity index (χ0) is 18.4. The molecule has 0 radical (unpaired) electrons. The highest BCUT2D eigenvalue weighted by molar-refractivity contribution is 6.02. The number of carbonyl (C=O) groups is 1. The van der Waals surface area contributed by atoms with Crippen molar-refractivity contribution in [2.24, 2.45) is 0 Å². The van der Waals surface area contributed by atoms with Crippen molar-refractivity contribution in [3.63, 3.8) is 0 Å². The van der Waals surface area contributed by atoms with Gasteiger partial charge in [0.1, 0.15) is 0 Å². The monoisotopic (exact) mass is 348 g/mol. The number of benzene rings is 3. The molecule has 3 heteroatoms. The first-order chi connectivity index (χ1) is 12.6. The lowest BCUT2D eigenvalue weighted by Gasteiger charge is -2.24. The van der Waals surface area contributed by atoms with Gasteiger partial charge >= 0.3 is 5.92 Å². The summed E-state index contributed by atoms with van der Waals surface area (Å²) in [5.74, 6) is -6.09. The van der Waals surface area contributed by atoms with Gasteiger partial charge in [-0.15, -0.1) is 0 Å². The maximum atomic E-state index is 15.2. The summed E-state index contributed by atoms with van der Waals surface area (Å²) in [5, 5.41) is 0. The van der Waals surface area contributed by atoms with Crippen molar-refractivity contribution < 1.29 is 13.6 Å². The number of ketones is 1. The van der Waals surface area contributed by atoms with Gasteiger partial charge in [-0.1, -0.05) is 103 Å². The van der Waals surface area contributed by atoms with Crippen LogP contribution in [0.5, 0.6) is 0 Å². The van der Waals surface area contributed by atoms with Gasteiger partial charge in [0.25, 0.3) is 0 Å². The molecule has 1 unspecified atom stereocenters. The topological polar surface area (TPSA) is 17.1 Å². The Hall–Kier alpha value is -3.07. The van der Waals surface area contributed by atoms with E-state index in [2.05, 4.69) is 0 Å². The highest BCUT2D eigenvalue weighted by Gasteiger charge is 2.46. The Bertz CT molecular complexity index is 872. The van der Waals surface area contributed by atoms with E-state index in [0.717, 1.165) is 5.56 Å². The number of halogens is 2. The van der Waals surface area contributed by atoms with Crippen LogP contribution < -0.4 is 0 Å². The predicted molar refractivity (Wildman–Crippen MR) is 100 cm³/mol. The molecular weight excluding hydrogens is 330 g/mol. The van der Waals surface area contributed by atoms with Crippen LogP contribution in [0.15, 0.2) is 97.1 Å². The summed E-state index contributed by atoms with van der Waals surface area (Å²) in [6, 6.07) is 25.3. The predicted octanol–water partition coefficient (Wildman–Crippen LogP) is 6.00. The van der Waals surface area contributed by atoms with Gasteiger partial charge in [-0.25, -0.2) is 0 Å². The summed E-state index contributed by atoms with van der Waals surface area (Å²) in [6.45, 7) is 0. The van der Waals surface area contributed by atoms with Crippen LogP contribution in [0, 0.1) is 0 Å². The number of carbonyl (C=O) groups excluding carboxylic acids is 1. The van der Waals surface area contributed by atoms with Crippen LogP contribution in [0.25, 0.3) is 6.08 Å². The van der Waals surface area contributed by atoms with Crippen LogP contribution in [-0.2, 0) is 0 Å². The summed E-state index contributed by atoms with van der Waals surface area (Å²) in [6.07, 6.45) is 3.04. The van der Waals surface area contributed by atoms with Gasteiger partial charge in [0.05, 0.1) is 5.92 Å². The van der Waals surface area contributed by atoms with Crippen molar-refractivity contribution in [1.29, 1.82) is 0 Å². The number of hydrogen-bond donors (Lipinski definition) is 0. The van der Waals surface area contributed by atoms with Gasteiger partial charge in [-0.2, -0.15) is 8.78 Å². The van der Waals surface area contributed by atoms with Crippen molar-refractivity contribution in [1.82, 2.24) is 0 Å². The second-order valence-corrected chi connectivity index (χ2v) is 5.98. The van der Waals surface area contributed by atoms with E-state index in [4.69, 9.17) is 0 Å². The molecule has 0 spiro atoms. The van der Waals surface area contributed by atoms with E-state index in [1.807, 2.05) is 30.3 Å². The Morgan fingerprint density at radius 3 is 1.85 bits per heavy atom. The fraction of sp³-hybridized carbons (Fsp3) is 0.0870. The second kappa shape index (κ2) is 7.87. The largest absolute Gasteiger partial charge is 0.319 e. The highest BCUT2D eigenvalue weighted by atomic mass is 19.3. The molecule has 26 heavy (non-hydrogen) atoms. The van der Waals surface area contributed by atoms with Gasteiger partial charge in [-0.05, 0) is 11.1 Å². The van der Waals surface area contributed by atoms with Crippen molar-refractivity contribution >= 4 is 11.9 Å². The molecule has 0 amide bonds. The first-order valence-corrected chi connectivity index (χ1v) is 8.35. The minimum absolute atomic E-state index is 0.00606. The Kier molecular flexibility index (Phi) is 5.37. The molecule has 0 aromatic heterocycles. The van der Waals surface area contributed by atoms with Crippen molar-refractivity contribution in [3.8, 4) is 0 Å². The summed E-state index contributed by atoms with van der Waals surface area (Å²) in [7, 11) is 0. The molecule has 0 saturated carbocycles. The average molecular weight is 348 g/mol. The van der Waals surface area contributed by atoms with Gasteiger partial charge in [0.2, 0.25) is 5.78 Å². The maximum absolute atomic E-state index is 15.2. The smallest absolute Gasteiger partial charge is 0.287 e. The third kappa shape index (κ3) is 3.94. The van der Waals surface area contributed by atoms with Crippen molar-refractivity contribution in [3.05, 3.63) is 114 Å². The van der Waals surface area contributed by atoms with E-state index in [-0.39, 0.29) is 5.56 Å². The first kappa shape index (κ1) is 17.7. The van der Waals surface area contributed by atoms with Crippen LogP contribution in [0.1, 0.15) is 27.4 Å². The summed E-state index contributed by atoms with van der Waals surface area (Å²) in [5.41, 5.74) is 1.21. The molecule has 3 rings (SSSR count). The van der Waals surface area contributed by atoms with Crippen LogP contribution >= 0.6 is 0 Å². The van der Waals surface area contributed by atoms with E-state index in [1.165, 1.54) is 18.2 Å². The number of alkyl halides is 2. The van der Waals surface area contributed by atoms with Crippen molar-refractivity contribution in [2.75, 3.05) is 0 Å². The van der Waals surface area contributed by atoms with Gasteiger partial charge in [0, 0.05) is 5.56 Å². The summed E-state index contributed by atoms with van der Waals surface area (Å²) < 4.78 is 30.3. The molecule has 0 bridgehead atoms. The summed E-state index contributed by atoms with van der Waals surface area (Å²) >= 11 is 0. The fourth-order valence-electron chi connectivity index (χ4n) is 2.80. The van der Waals surface area contributed by atoms with Gasteiger partial charge < -0.3 is 0 Å². The minimum Gasteiger partial charge on any atom is -0.287 e. The van der Waals surface area contributed by atoms with E-state index >= 15 is 8.78 Å². The third-order valence-electron chi connectivity index (χ3n) is 4.17. The molecule has 1 nitrogen and oxygen atoms in total. The average Bonchev–Trinajstić information content (AvgIpc) is 2.69. The molecule has 0 aliphatic heterocycles. The van der Waals surface area contributed by atoms with E-state index in [1.54, 1.807) is 54.6 Å². The molecule has 0 aliphatic rings. The second-order valence-electron chi connectivity index (χ2n) is 5.98. The normalized spacial score (nSPS) is 12.8. The Morgan fingerprint density at radius 2 is 1.27 bits per heavy atom. The van der Waals surface area contributed by atoms with E-state index in [9.17, 15) is 4.79 Å². The maximum Gasteiger partial charge on any atom is 0.319 e. The van der Waals surface area contributed by atoms with Crippen LogP contribution in [0.3, 0.4) is 0 Å². The van der Waals surface area contributed by atoms with E-state index in [0.29, 0.717) is 5.56 Å². The third-order valence-corrected chi connectivity index (χ3v) is 4.17. The summed E-state index contributed by atoms with van der Waals surface area (Å²) in [4.78, 5) is 12.5. The van der Waals surface area contributed by atoms with Gasteiger partial charge in [-0.3, -0.25) is 4.79 Å². The van der Waals surface area contributed by atoms with Gasteiger partial charge in [0.15, 0.2) is 0 Å². The van der Waals surface area contributed by atoms with Crippen LogP contribution in [0.2, 0.25) is 0 Å². The first-order valence-electron chi connectivity index (χ1n) is 8.35. The molecule has 0 aliphatic carbocycles. The molecule has 0 heterocycles. The molecule has 0 fully saturated rings. The minimum atomic E-state index is -3.56. The molecular formula is C23H18F2O. The molecule has 0 saturated heterocycles. The van der Waals surface area contributed by atoms with Crippen LogP contribution in [0.4, 0.5) is 8.78 Å². The standard InChI is InChI=1S/C23H18F2O/c24-23(25,22(26)20-14-8-3-9-15-20)21(19-12-6-2-7-13-19)17-16-18-10-4-1-5-11-18/h1-17,21H. The fourth-order valence-corrected chi connectivity index (χ4v) is 2.80. The highest BCUT2D eigenvalue weighted by Crippen LogP contribution is 2.38. The Balaban J connectivity index is 1.99.